The summed E-state index contributed by atoms with van der Waals surface area (Å²) in [6.07, 6.45) is 3.79. The lowest BCUT2D eigenvalue weighted by Gasteiger charge is -2.27. The Morgan fingerprint density at radius 2 is 2.21 bits per heavy atom. The fourth-order valence-corrected chi connectivity index (χ4v) is 3.33. The maximum atomic E-state index is 5.74. The third-order valence-corrected chi connectivity index (χ3v) is 4.78. The van der Waals surface area contributed by atoms with Crippen molar-refractivity contribution in [3.8, 4) is 0 Å². The molecule has 1 aliphatic heterocycles. The molecule has 0 amide bonds. The number of hydrogen-bond acceptors (Lipinski definition) is 2. The van der Waals surface area contributed by atoms with E-state index in [1.807, 2.05) is 0 Å². The molecule has 2 rings (SSSR count). The van der Waals surface area contributed by atoms with Crippen LogP contribution in [0.4, 0.5) is 0 Å². The predicted molar refractivity (Wildman–Crippen MR) is 83.4 cm³/mol. The van der Waals surface area contributed by atoms with E-state index in [1.165, 1.54) is 22.9 Å². The zero-order chi connectivity index (χ0) is 13.7. The molecule has 1 aromatic carbocycles. The van der Waals surface area contributed by atoms with Gasteiger partial charge >= 0.3 is 0 Å². The van der Waals surface area contributed by atoms with Crippen LogP contribution in [0, 0.1) is 5.92 Å². The average Bonchev–Trinajstić information content (AvgIpc) is 2.83. The molecule has 106 valence electrons. The van der Waals surface area contributed by atoms with Crippen LogP contribution in [0.5, 0.6) is 0 Å². The monoisotopic (exact) mass is 325 g/mol. The molecule has 3 unspecified atom stereocenters. The first-order valence-corrected chi connectivity index (χ1v) is 8.10. The Labute approximate surface area is 125 Å². The third-order valence-electron chi connectivity index (χ3n) is 4.01. The van der Waals surface area contributed by atoms with E-state index in [2.05, 4.69) is 59.4 Å². The summed E-state index contributed by atoms with van der Waals surface area (Å²) >= 11 is 3.66. The Morgan fingerprint density at radius 1 is 1.42 bits per heavy atom. The minimum atomic E-state index is 0.372. The second-order valence-electron chi connectivity index (χ2n) is 5.38. The number of rotatable bonds is 6. The van der Waals surface area contributed by atoms with Crippen molar-refractivity contribution in [1.82, 2.24) is 5.32 Å². The minimum absolute atomic E-state index is 0.372. The molecule has 1 fully saturated rings. The second kappa shape index (κ2) is 7.41. The van der Waals surface area contributed by atoms with Crippen molar-refractivity contribution in [2.75, 3.05) is 13.2 Å². The van der Waals surface area contributed by atoms with E-state index < -0.39 is 0 Å². The van der Waals surface area contributed by atoms with Crippen molar-refractivity contribution in [2.45, 2.75) is 45.3 Å². The average molecular weight is 326 g/mol. The molecule has 19 heavy (non-hydrogen) atoms. The van der Waals surface area contributed by atoms with Gasteiger partial charge in [0.2, 0.25) is 0 Å². The first kappa shape index (κ1) is 15.0. The second-order valence-corrected chi connectivity index (χ2v) is 6.24. The Hall–Kier alpha value is -0.380. The topological polar surface area (TPSA) is 21.3 Å². The highest BCUT2D eigenvalue weighted by Gasteiger charge is 2.31. The SMILES string of the molecule is CCCNC(Cc1ccccc1Br)C1CCOC1C. The van der Waals surface area contributed by atoms with Crippen LogP contribution >= 0.6 is 15.9 Å². The Morgan fingerprint density at radius 3 is 2.84 bits per heavy atom. The summed E-state index contributed by atoms with van der Waals surface area (Å²) in [6.45, 7) is 6.42. The van der Waals surface area contributed by atoms with Crippen LogP contribution < -0.4 is 5.32 Å². The van der Waals surface area contributed by atoms with Crippen molar-refractivity contribution >= 4 is 15.9 Å². The number of nitrogens with one attached hydrogen (secondary N) is 1. The molecule has 0 saturated carbocycles. The minimum Gasteiger partial charge on any atom is -0.378 e. The Kier molecular flexibility index (Phi) is 5.86. The summed E-state index contributed by atoms with van der Waals surface area (Å²) in [5.41, 5.74) is 1.38. The van der Waals surface area contributed by atoms with Gasteiger partial charge in [0.1, 0.15) is 0 Å². The largest absolute Gasteiger partial charge is 0.378 e. The number of benzene rings is 1. The van der Waals surface area contributed by atoms with Gasteiger partial charge in [-0.05, 0) is 44.4 Å². The van der Waals surface area contributed by atoms with Gasteiger partial charge in [0.15, 0.2) is 0 Å². The fourth-order valence-electron chi connectivity index (χ4n) is 2.88. The molecule has 1 heterocycles. The molecule has 0 aromatic heterocycles. The third kappa shape index (κ3) is 4.04. The number of hydrogen-bond donors (Lipinski definition) is 1. The van der Waals surface area contributed by atoms with Crippen molar-refractivity contribution in [1.29, 1.82) is 0 Å². The first-order chi connectivity index (χ1) is 9.22. The van der Waals surface area contributed by atoms with Gasteiger partial charge in [-0.3, -0.25) is 0 Å². The van der Waals surface area contributed by atoms with Crippen molar-refractivity contribution < 1.29 is 4.74 Å². The number of ether oxygens (including phenoxy) is 1. The van der Waals surface area contributed by atoms with Gasteiger partial charge in [-0.15, -0.1) is 0 Å². The normalized spacial score (nSPS) is 24.6. The van der Waals surface area contributed by atoms with E-state index in [9.17, 15) is 0 Å². The van der Waals surface area contributed by atoms with Gasteiger partial charge < -0.3 is 10.1 Å². The first-order valence-electron chi connectivity index (χ1n) is 7.30. The molecule has 0 aliphatic carbocycles. The van der Waals surface area contributed by atoms with Crippen molar-refractivity contribution in [3.63, 3.8) is 0 Å². The highest BCUT2D eigenvalue weighted by atomic mass is 79.9. The molecule has 1 aromatic rings. The quantitative estimate of drug-likeness (QED) is 0.859. The van der Waals surface area contributed by atoms with Crippen LogP contribution in [0.2, 0.25) is 0 Å². The summed E-state index contributed by atoms with van der Waals surface area (Å²) in [4.78, 5) is 0. The van der Waals surface area contributed by atoms with Crippen LogP contribution in [-0.4, -0.2) is 25.3 Å². The Balaban J connectivity index is 2.07. The molecule has 0 radical (unpaired) electrons. The molecule has 1 aliphatic rings. The lowest BCUT2D eigenvalue weighted by Crippen LogP contribution is -2.41. The van der Waals surface area contributed by atoms with Gasteiger partial charge in [-0.25, -0.2) is 0 Å². The molecule has 3 atom stereocenters. The smallest absolute Gasteiger partial charge is 0.0590 e. The van der Waals surface area contributed by atoms with E-state index in [1.54, 1.807) is 0 Å². The zero-order valence-corrected chi connectivity index (χ0v) is 13.4. The highest BCUT2D eigenvalue weighted by molar-refractivity contribution is 9.10. The van der Waals surface area contributed by atoms with Crippen LogP contribution in [-0.2, 0) is 11.2 Å². The van der Waals surface area contributed by atoms with Gasteiger partial charge in [0.25, 0.3) is 0 Å². The molecule has 0 bridgehead atoms. The van der Waals surface area contributed by atoms with Crippen LogP contribution in [0.1, 0.15) is 32.3 Å². The summed E-state index contributed by atoms with van der Waals surface area (Å²) in [7, 11) is 0. The molecule has 1 N–H and O–H groups in total. The predicted octanol–water partition coefficient (Wildman–Crippen LogP) is 3.78. The van der Waals surface area contributed by atoms with E-state index in [0.29, 0.717) is 18.1 Å². The summed E-state index contributed by atoms with van der Waals surface area (Å²) in [5.74, 6) is 0.624. The van der Waals surface area contributed by atoms with E-state index in [0.717, 1.165) is 19.6 Å². The molecule has 2 nitrogen and oxygen atoms in total. The lowest BCUT2D eigenvalue weighted by molar-refractivity contribution is 0.0953. The van der Waals surface area contributed by atoms with Crippen molar-refractivity contribution in [3.05, 3.63) is 34.3 Å². The summed E-state index contributed by atoms with van der Waals surface area (Å²) in [5, 5.41) is 3.72. The van der Waals surface area contributed by atoms with Gasteiger partial charge in [-0.1, -0.05) is 41.1 Å². The Bertz CT molecular complexity index is 396. The summed E-state index contributed by atoms with van der Waals surface area (Å²) in [6, 6.07) is 9.04. The molecule has 1 saturated heterocycles. The van der Waals surface area contributed by atoms with Gasteiger partial charge in [-0.2, -0.15) is 0 Å². The number of halogens is 1. The molecular formula is C16H24BrNO. The maximum absolute atomic E-state index is 5.74. The van der Waals surface area contributed by atoms with Gasteiger partial charge in [0.05, 0.1) is 6.10 Å². The molecule has 0 spiro atoms. The van der Waals surface area contributed by atoms with E-state index in [4.69, 9.17) is 4.74 Å². The van der Waals surface area contributed by atoms with E-state index in [-0.39, 0.29) is 0 Å². The van der Waals surface area contributed by atoms with E-state index >= 15 is 0 Å². The van der Waals surface area contributed by atoms with Crippen LogP contribution in [0.15, 0.2) is 28.7 Å². The highest BCUT2D eigenvalue weighted by Crippen LogP contribution is 2.27. The summed E-state index contributed by atoms with van der Waals surface area (Å²) < 4.78 is 6.96. The van der Waals surface area contributed by atoms with Crippen molar-refractivity contribution in [2.24, 2.45) is 5.92 Å². The van der Waals surface area contributed by atoms with Crippen LogP contribution in [0.3, 0.4) is 0 Å². The lowest BCUT2D eigenvalue weighted by atomic mass is 9.89. The molecule has 3 heteroatoms. The van der Waals surface area contributed by atoms with Gasteiger partial charge in [0, 0.05) is 23.0 Å². The fraction of sp³-hybridized carbons (Fsp3) is 0.625. The standard InChI is InChI=1S/C16H24BrNO/c1-3-9-18-16(14-8-10-19-12(14)2)11-13-6-4-5-7-15(13)17/h4-7,12,14,16,18H,3,8-11H2,1-2H3. The molecular weight excluding hydrogens is 302 g/mol. The van der Waals surface area contributed by atoms with Crippen LogP contribution in [0.25, 0.3) is 0 Å². The zero-order valence-electron chi connectivity index (χ0n) is 11.9. The maximum Gasteiger partial charge on any atom is 0.0590 e.